The van der Waals surface area contributed by atoms with Gasteiger partial charge in [-0.05, 0) is 36.4 Å². The minimum atomic E-state index is -0.279. The van der Waals surface area contributed by atoms with E-state index in [0.29, 0.717) is 17.3 Å². The number of methoxy groups -OCH3 is 1. The largest absolute Gasteiger partial charge is 0.495 e. The second-order valence-corrected chi connectivity index (χ2v) is 6.91. The number of rotatable bonds is 5. The van der Waals surface area contributed by atoms with Gasteiger partial charge < -0.3 is 14.9 Å². The molecule has 5 heteroatoms. The second kappa shape index (κ2) is 6.90. The highest BCUT2D eigenvalue weighted by atomic mass is 35.5. The number of furan rings is 1. The number of pyridine rings is 1. The summed E-state index contributed by atoms with van der Waals surface area (Å²) in [4.78, 5) is 4.47. The summed E-state index contributed by atoms with van der Waals surface area (Å²) >= 11 is 6.16. The van der Waals surface area contributed by atoms with E-state index < -0.39 is 0 Å². The Balaban J connectivity index is 2.21. The molecule has 0 amide bonds. The molecule has 1 aromatic carbocycles. The maximum atomic E-state index is 6.23. The Bertz CT molecular complexity index is 873. The molecule has 0 saturated heterocycles. The first-order chi connectivity index (χ1) is 12.0. The van der Waals surface area contributed by atoms with E-state index in [1.54, 1.807) is 19.4 Å². The van der Waals surface area contributed by atoms with Crippen LogP contribution in [0.3, 0.4) is 0 Å². The molecule has 0 unspecified atom stereocenters. The first-order valence-electron chi connectivity index (χ1n) is 8.06. The van der Waals surface area contributed by atoms with Crippen molar-refractivity contribution in [2.75, 3.05) is 13.7 Å². The number of aromatic nitrogens is 1. The van der Waals surface area contributed by atoms with Crippen molar-refractivity contribution in [2.45, 2.75) is 19.3 Å². The Morgan fingerprint density at radius 1 is 1.20 bits per heavy atom. The van der Waals surface area contributed by atoms with Gasteiger partial charge in [0.25, 0.3) is 0 Å². The van der Waals surface area contributed by atoms with Crippen molar-refractivity contribution in [2.24, 2.45) is 5.73 Å². The van der Waals surface area contributed by atoms with Crippen molar-refractivity contribution in [1.82, 2.24) is 4.98 Å². The number of hydrogen-bond donors (Lipinski definition) is 1. The van der Waals surface area contributed by atoms with Crippen molar-refractivity contribution in [3.8, 4) is 28.3 Å². The number of hydrogen-bond acceptors (Lipinski definition) is 4. The molecule has 2 aromatic heterocycles. The summed E-state index contributed by atoms with van der Waals surface area (Å²) in [7, 11) is 1.59. The molecule has 0 spiro atoms. The van der Waals surface area contributed by atoms with Crippen molar-refractivity contribution in [1.29, 1.82) is 0 Å². The third kappa shape index (κ3) is 3.41. The molecule has 130 valence electrons. The molecule has 0 aliphatic rings. The molecule has 3 rings (SSSR count). The molecule has 0 aliphatic carbocycles. The maximum absolute atomic E-state index is 6.23. The summed E-state index contributed by atoms with van der Waals surface area (Å²) in [6.45, 7) is 4.59. The van der Waals surface area contributed by atoms with Gasteiger partial charge in [-0.1, -0.05) is 31.5 Å². The summed E-state index contributed by atoms with van der Waals surface area (Å²) in [5.41, 5.74) is 8.28. The number of nitrogens with two attached hydrogens (primary N) is 1. The highest BCUT2D eigenvalue weighted by Gasteiger charge is 2.26. The third-order valence-electron chi connectivity index (χ3n) is 4.26. The first kappa shape index (κ1) is 17.5. The fourth-order valence-electron chi connectivity index (χ4n) is 2.55. The maximum Gasteiger partial charge on any atom is 0.143 e. The van der Waals surface area contributed by atoms with Crippen LogP contribution >= 0.6 is 11.6 Å². The average Bonchev–Trinajstić information content (AvgIpc) is 3.09. The van der Waals surface area contributed by atoms with Gasteiger partial charge in [0.2, 0.25) is 0 Å². The van der Waals surface area contributed by atoms with Crippen molar-refractivity contribution < 1.29 is 9.15 Å². The summed E-state index contributed by atoms with van der Waals surface area (Å²) in [6.07, 6.45) is 1.77. The molecule has 0 radical (unpaired) electrons. The first-order valence-corrected chi connectivity index (χ1v) is 8.44. The zero-order valence-corrected chi connectivity index (χ0v) is 15.3. The molecule has 2 N–H and O–H groups in total. The number of benzene rings is 1. The van der Waals surface area contributed by atoms with Gasteiger partial charge in [0, 0.05) is 29.3 Å². The molecule has 3 aromatic rings. The molecule has 25 heavy (non-hydrogen) atoms. The van der Waals surface area contributed by atoms with E-state index in [1.807, 2.05) is 36.4 Å². The fraction of sp³-hybridized carbons (Fsp3) is 0.250. The number of halogens is 1. The van der Waals surface area contributed by atoms with E-state index in [0.717, 1.165) is 28.3 Å². The van der Waals surface area contributed by atoms with Gasteiger partial charge in [0.1, 0.15) is 17.3 Å². The van der Waals surface area contributed by atoms with Gasteiger partial charge in [-0.2, -0.15) is 0 Å². The van der Waals surface area contributed by atoms with Crippen LogP contribution in [-0.4, -0.2) is 18.6 Å². The van der Waals surface area contributed by atoms with Crippen molar-refractivity contribution in [3.05, 3.63) is 59.4 Å². The smallest absolute Gasteiger partial charge is 0.143 e. The lowest BCUT2D eigenvalue weighted by Crippen LogP contribution is -2.27. The van der Waals surface area contributed by atoms with Gasteiger partial charge in [-0.15, -0.1) is 0 Å². The van der Waals surface area contributed by atoms with Crippen LogP contribution in [0.1, 0.15) is 19.6 Å². The average molecular weight is 357 g/mol. The van der Waals surface area contributed by atoms with E-state index in [2.05, 4.69) is 18.8 Å². The van der Waals surface area contributed by atoms with Gasteiger partial charge in [0.05, 0.1) is 17.8 Å². The Hall–Kier alpha value is -2.30. The molecule has 0 fully saturated rings. The predicted molar refractivity (Wildman–Crippen MR) is 101 cm³/mol. The lowest BCUT2D eigenvalue weighted by Gasteiger charge is -2.18. The van der Waals surface area contributed by atoms with Crippen LogP contribution in [0.4, 0.5) is 0 Å². The van der Waals surface area contributed by atoms with Crippen LogP contribution < -0.4 is 10.5 Å². The minimum Gasteiger partial charge on any atom is -0.495 e. The van der Waals surface area contributed by atoms with Gasteiger partial charge >= 0.3 is 0 Å². The number of nitrogens with zero attached hydrogens (tertiary/aromatic N) is 1. The Labute approximate surface area is 152 Å². The lowest BCUT2D eigenvalue weighted by molar-refractivity contribution is 0.397. The topological polar surface area (TPSA) is 61.3 Å². The summed E-state index contributed by atoms with van der Waals surface area (Å²) in [6, 6.07) is 13.4. The molecule has 0 atom stereocenters. The zero-order chi connectivity index (χ0) is 18.0. The molecule has 0 bridgehead atoms. The quantitative estimate of drug-likeness (QED) is 0.705. The summed E-state index contributed by atoms with van der Waals surface area (Å²) in [5.74, 6) is 2.15. The molecule has 0 aliphatic heterocycles. The van der Waals surface area contributed by atoms with Crippen LogP contribution in [0.5, 0.6) is 5.75 Å². The minimum absolute atomic E-state index is 0.279. The fourth-order valence-corrected chi connectivity index (χ4v) is 2.75. The SMILES string of the molecule is COc1cc(-c2oc(C(C)(C)CN)cc2-c2ccccn2)ccc1Cl. The second-order valence-electron chi connectivity index (χ2n) is 6.51. The van der Waals surface area contributed by atoms with Crippen molar-refractivity contribution in [3.63, 3.8) is 0 Å². The van der Waals surface area contributed by atoms with Crippen LogP contribution in [-0.2, 0) is 5.41 Å². The highest BCUT2D eigenvalue weighted by Crippen LogP contribution is 2.40. The third-order valence-corrected chi connectivity index (χ3v) is 4.58. The van der Waals surface area contributed by atoms with Crippen LogP contribution in [0.25, 0.3) is 22.6 Å². The number of ether oxygens (including phenoxy) is 1. The molecular formula is C20H21ClN2O2. The standard InChI is InChI=1S/C20H21ClN2O2/c1-20(2,12-22)18-11-14(16-6-4-5-9-23-16)19(25-18)13-7-8-15(21)17(10-13)24-3/h4-11H,12,22H2,1-3H3. The summed E-state index contributed by atoms with van der Waals surface area (Å²) < 4.78 is 11.6. The predicted octanol–water partition coefficient (Wildman–Crippen LogP) is 4.91. The van der Waals surface area contributed by atoms with E-state index >= 15 is 0 Å². The molecule has 0 saturated carbocycles. The van der Waals surface area contributed by atoms with Gasteiger partial charge in [0.15, 0.2) is 0 Å². The molecule has 4 nitrogen and oxygen atoms in total. The monoisotopic (exact) mass is 356 g/mol. The normalized spacial score (nSPS) is 11.6. The van der Waals surface area contributed by atoms with Gasteiger partial charge in [-0.25, -0.2) is 0 Å². The van der Waals surface area contributed by atoms with Crippen LogP contribution in [0.2, 0.25) is 5.02 Å². The highest BCUT2D eigenvalue weighted by molar-refractivity contribution is 6.32. The lowest BCUT2D eigenvalue weighted by atomic mass is 9.90. The van der Waals surface area contributed by atoms with Crippen LogP contribution in [0, 0.1) is 0 Å². The van der Waals surface area contributed by atoms with E-state index in [-0.39, 0.29) is 5.41 Å². The van der Waals surface area contributed by atoms with Crippen molar-refractivity contribution >= 4 is 11.6 Å². The van der Waals surface area contributed by atoms with E-state index in [1.165, 1.54) is 0 Å². The zero-order valence-electron chi connectivity index (χ0n) is 14.5. The Morgan fingerprint density at radius 3 is 2.64 bits per heavy atom. The molecular weight excluding hydrogens is 336 g/mol. The van der Waals surface area contributed by atoms with Crippen LogP contribution in [0.15, 0.2) is 53.1 Å². The van der Waals surface area contributed by atoms with E-state index in [9.17, 15) is 0 Å². The summed E-state index contributed by atoms with van der Waals surface area (Å²) in [5, 5.41) is 0.555. The Morgan fingerprint density at radius 2 is 2.00 bits per heavy atom. The Kier molecular flexibility index (Phi) is 4.84. The molecule has 2 heterocycles. The van der Waals surface area contributed by atoms with Gasteiger partial charge in [-0.3, -0.25) is 4.98 Å². The van der Waals surface area contributed by atoms with E-state index in [4.69, 9.17) is 26.5 Å².